The molecule has 1 saturated carbocycles. The summed E-state index contributed by atoms with van der Waals surface area (Å²) in [6, 6.07) is 0. The highest BCUT2D eigenvalue weighted by Crippen LogP contribution is 2.26. The minimum atomic E-state index is -0.105. The lowest BCUT2D eigenvalue weighted by molar-refractivity contribution is -0.120. The number of hydrogen-bond donors (Lipinski definition) is 1. The standard InChI is InChI=1S/C11H18O2/c1-2-9(8-12)11(13)10-6-4-3-5-7-10/h2,10,12H,3-8H2,1H3/b9-2-. The maximum Gasteiger partial charge on any atom is 0.163 e. The molecule has 13 heavy (non-hydrogen) atoms. The van der Waals surface area contributed by atoms with E-state index >= 15 is 0 Å². The van der Waals surface area contributed by atoms with Gasteiger partial charge in [0.05, 0.1) is 6.61 Å². The van der Waals surface area contributed by atoms with Gasteiger partial charge in [-0.15, -0.1) is 0 Å². The van der Waals surface area contributed by atoms with Gasteiger partial charge in [0, 0.05) is 11.5 Å². The van der Waals surface area contributed by atoms with Crippen LogP contribution in [0.3, 0.4) is 0 Å². The topological polar surface area (TPSA) is 37.3 Å². The highest BCUT2D eigenvalue weighted by atomic mass is 16.3. The fourth-order valence-corrected chi connectivity index (χ4v) is 1.94. The Labute approximate surface area is 79.6 Å². The summed E-state index contributed by atoms with van der Waals surface area (Å²) in [5, 5.41) is 8.94. The number of aliphatic hydroxyl groups excluding tert-OH is 1. The smallest absolute Gasteiger partial charge is 0.163 e. The van der Waals surface area contributed by atoms with Crippen LogP contribution in [0.4, 0.5) is 0 Å². The first kappa shape index (κ1) is 10.5. The lowest BCUT2D eigenvalue weighted by atomic mass is 9.84. The molecule has 0 radical (unpaired) electrons. The molecule has 74 valence electrons. The highest BCUT2D eigenvalue weighted by Gasteiger charge is 2.22. The van der Waals surface area contributed by atoms with Crippen molar-refractivity contribution in [1.82, 2.24) is 0 Å². The minimum Gasteiger partial charge on any atom is -0.392 e. The number of rotatable bonds is 3. The van der Waals surface area contributed by atoms with E-state index in [0.29, 0.717) is 5.57 Å². The van der Waals surface area contributed by atoms with E-state index < -0.39 is 0 Å². The van der Waals surface area contributed by atoms with Crippen LogP contribution >= 0.6 is 0 Å². The third kappa shape index (κ3) is 2.66. The Morgan fingerprint density at radius 1 is 1.38 bits per heavy atom. The van der Waals surface area contributed by atoms with E-state index in [-0.39, 0.29) is 18.3 Å². The minimum absolute atomic E-state index is 0.105. The van der Waals surface area contributed by atoms with Gasteiger partial charge in [0.15, 0.2) is 5.78 Å². The molecule has 0 atom stereocenters. The third-order valence-electron chi connectivity index (χ3n) is 2.81. The van der Waals surface area contributed by atoms with Gasteiger partial charge >= 0.3 is 0 Å². The molecule has 0 saturated heterocycles. The van der Waals surface area contributed by atoms with Crippen LogP contribution in [0, 0.1) is 5.92 Å². The average molecular weight is 182 g/mol. The fraction of sp³-hybridized carbons (Fsp3) is 0.727. The van der Waals surface area contributed by atoms with E-state index in [2.05, 4.69) is 0 Å². The molecule has 0 aromatic heterocycles. The molecule has 0 bridgehead atoms. The van der Waals surface area contributed by atoms with Crippen LogP contribution < -0.4 is 0 Å². The SMILES string of the molecule is C/C=C(/CO)C(=O)C1CCCCC1. The van der Waals surface area contributed by atoms with Crippen LogP contribution in [0.1, 0.15) is 39.0 Å². The van der Waals surface area contributed by atoms with Gasteiger partial charge in [-0.25, -0.2) is 0 Å². The number of Topliss-reactive ketones (excluding diaryl/α,β-unsaturated/α-hetero) is 1. The molecule has 0 amide bonds. The molecule has 0 heterocycles. The molecule has 0 unspecified atom stereocenters. The van der Waals surface area contributed by atoms with E-state index in [1.807, 2.05) is 6.92 Å². The second-order valence-corrected chi connectivity index (χ2v) is 3.67. The zero-order valence-corrected chi connectivity index (χ0v) is 8.25. The maximum atomic E-state index is 11.7. The first-order valence-electron chi connectivity index (χ1n) is 5.10. The molecule has 2 nitrogen and oxygen atoms in total. The fourth-order valence-electron chi connectivity index (χ4n) is 1.94. The summed E-state index contributed by atoms with van der Waals surface area (Å²) in [5.74, 6) is 0.358. The highest BCUT2D eigenvalue weighted by molar-refractivity contribution is 5.97. The van der Waals surface area contributed by atoms with Crippen LogP contribution in [0.15, 0.2) is 11.6 Å². The second kappa shape index (κ2) is 5.18. The first-order chi connectivity index (χ1) is 6.29. The number of ketones is 1. The van der Waals surface area contributed by atoms with Crippen molar-refractivity contribution in [2.75, 3.05) is 6.61 Å². The van der Waals surface area contributed by atoms with Crippen LogP contribution in [-0.4, -0.2) is 17.5 Å². The largest absolute Gasteiger partial charge is 0.392 e. The zero-order valence-electron chi connectivity index (χ0n) is 8.25. The van der Waals surface area contributed by atoms with Crippen LogP contribution in [-0.2, 0) is 4.79 Å². The summed E-state index contributed by atoms with van der Waals surface area (Å²) in [4.78, 5) is 11.7. The molecule has 1 aliphatic rings. The average Bonchev–Trinajstić information content (AvgIpc) is 2.21. The van der Waals surface area contributed by atoms with Crippen molar-refractivity contribution in [3.63, 3.8) is 0 Å². The van der Waals surface area contributed by atoms with Crippen molar-refractivity contribution in [2.24, 2.45) is 5.92 Å². The van der Waals surface area contributed by atoms with Gasteiger partial charge in [-0.05, 0) is 19.8 Å². The summed E-state index contributed by atoms with van der Waals surface area (Å²) in [6.07, 6.45) is 7.34. The Bertz CT molecular complexity index is 200. The number of allylic oxidation sites excluding steroid dienone is 1. The molecule has 0 aromatic rings. The summed E-state index contributed by atoms with van der Waals surface area (Å²) in [7, 11) is 0. The molecule has 1 N–H and O–H groups in total. The maximum absolute atomic E-state index is 11.7. The first-order valence-corrected chi connectivity index (χ1v) is 5.10. The summed E-state index contributed by atoms with van der Waals surface area (Å²) in [5.41, 5.74) is 0.590. The van der Waals surface area contributed by atoms with Gasteiger partial charge in [0.25, 0.3) is 0 Å². The lowest BCUT2D eigenvalue weighted by Gasteiger charge is -2.20. The molecule has 1 fully saturated rings. The molecule has 0 spiro atoms. The van der Waals surface area contributed by atoms with E-state index in [1.54, 1.807) is 6.08 Å². The van der Waals surface area contributed by atoms with Crippen LogP contribution in [0.5, 0.6) is 0 Å². The van der Waals surface area contributed by atoms with Crippen molar-refractivity contribution < 1.29 is 9.90 Å². The Morgan fingerprint density at radius 3 is 2.46 bits per heavy atom. The Kier molecular flexibility index (Phi) is 4.16. The quantitative estimate of drug-likeness (QED) is 0.678. The molecule has 1 aliphatic carbocycles. The summed E-state index contributed by atoms with van der Waals surface area (Å²) in [6.45, 7) is 1.71. The third-order valence-corrected chi connectivity index (χ3v) is 2.81. The summed E-state index contributed by atoms with van der Waals surface area (Å²) >= 11 is 0. The van der Waals surface area contributed by atoms with Gasteiger partial charge in [-0.3, -0.25) is 4.79 Å². The lowest BCUT2D eigenvalue weighted by Crippen LogP contribution is -2.20. The normalized spacial score (nSPS) is 20.3. The molecular formula is C11H18O2. The van der Waals surface area contributed by atoms with Gasteiger partial charge in [0.1, 0.15) is 0 Å². The molecular weight excluding hydrogens is 164 g/mol. The van der Waals surface area contributed by atoms with Gasteiger partial charge in [-0.1, -0.05) is 25.3 Å². The number of carbonyl (C=O) groups is 1. The Morgan fingerprint density at radius 2 is 2.00 bits per heavy atom. The van der Waals surface area contributed by atoms with Crippen molar-refractivity contribution in [1.29, 1.82) is 0 Å². The van der Waals surface area contributed by atoms with Crippen molar-refractivity contribution in [3.8, 4) is 0 Å². The van der Waals surface area contributed by atoms with E-state index in [9.17, 15) is 4.79 Å². The van der Waals surface area contributed by atoms with Gasteiger partial charge in [0.2, 0.25) is 0 Å². The monoisotopic (exact) mass is 182 g/mol. The predicted molar refractivity (Wildman–Crippen MR) is 52.4 cm³/mol. The summed E-state index contributed by atoms with van der Waals surface area (Å²) < 4.78 is 0. The predicted octanol–water partition coefficient (Wildman–Crippen LogP) is 2.07. The van der Waals surface area contributed by atoms with E-state index in [4.69, 9.17) is 5.11 Å². The number of aliphatic hydroxyl groups is 1. The van der Waals surface area contributed by atoms with Crippen molar-refractivity contribution >= 4 is 5.78 Å². The Balaban J connectivity index is 2.54. The van der Waals surface area contributed by atoms with Gasteiger partial charge in [-0.2, -0.15) is 0 Å². The second-order valence-electron chi connectivity index (χ2n) is 3.67. The molecule has 1 rings (SSSR count). The molecule has 0 aromatic carbocycles. The van der Waals surface area contributed by atoms with E-state index in [0.717, 1.165) is 12.8 Å². The van der Waals surface area contributed by atoms with Crippen LogP contribution in [0.25, 0.3) is 0 Å². The van der Waals surface area contributed by atoms with Crippen LogP contribution in [0.2, 0.25) is 0 Å². The molecule has 2 heteroatoms. The Hall–Kier alpha value is -0.630. The van der Waals surface area contributed by atoms with Crippen molar-refractivity contribution in [3.05, 3.63) is 11.6 Å². The zero-order chi connectivity index (χ0) is 9.68. The van der Waals surface area contributed by atoms with Gasteiger partial charge < -0.3 is 5.11 Å². The molecule has 0 aliphatic heterocycles. The number of carbonyl (C=O) groups excluding carboxylic acids is 1. The van der Waals surface area contributed by atoms with Crippen molar-refractivity contribution in [2.45, 2.75) is 39.0 Å². The number of hydrogen-bond acceptors (Lipinski definition) is 2. The van der Waals surface area contributed by atoms with E-state index in [1.165, 1.54) is 19.3 Å².